The lowest BCUT2D eigenvalue weighted by Crippen LogP contribution is -2.34. The molecule has 0 spiro atoms. The third-order valence-corrected chi connectivity index (χ3v) is 6.41. The van der Waals surface area contributed by atoms with Crippen LogP contribution in [-0.4, -0.2) is 68.0 Å². The number of ether oxygens (including phenoxy) is 1. The minimum atomic E-state index is -0.443. The van der Waals surface area contributed by atoms with Gasteiger partial charge in [0.05, 0.1) is 17.5 Å². The summed E-state index contributed by atoms with van der Waals surface area (Å²) < 4.78 is 7.08. The van der Waals surface area contributed by atoms with Crippen molar-refractivity contribution in [1.82, 2.24) is 40.5 Å². The Hall–Kier alpha value is -3.82. The fourth-order valence-electron chi connectivity index (χ4n) is 3.68. The van der Waals surface area contributed by atoms with Gasteiger partial charge in [-0.05, 0) is 50.1 Å². The molecular weight excluding hydrogens is 626 g/mol. The normalized spacial score (nSPS) is 12.2. The molecule has 1 unspecified atom stereocenters. The highest BCUT2D eigenvalue weighted by molar-refractivity contribution is 9.10. The number of nitrogens with zero attached hydrogens (tertiary/aromatic N) is 1. The maximum absolute atomic E-state index is 12.4. The second-order valence-corrected chi connectivity index (χ2v) is 10.00. The number of aromatic nitrogens is 6. The van der Waals surface area contributed by atoms with Gasteiger partial charge in [0.25, 0.3) is 11.8 Å². The van der Waals surface area contributed by atoms with Gasteiger partial charge in [-0.2, -0.15) is 0 Å². The molecule has 0 aromatic carbocycles. The number of imidazole rings is 2. The molecule has 200 valence electrons. The lowest BCUT2D eigenvalue weighted by Gasteiger charge is -2.16. The van der Waals surface area contributed by atoms with Crippen molar-refractivity contribution in [2.24, 2.45) is 0 Å². The van der Waals surface area contributed by atoms with Gasteiger partial charge in [0, 0.05) is 53.7 Å². The van der Waals surface area contributed by atoms with Crippen LogP contribution >= 0.6 is 31.9 Å². The van der Waals surface area contributed by atoms with Crippen molar-refractivity contribution in [3.63, 3.8) is 0 Å². The molecule has 0 fully saturated rings. The zero-order valence-electron chi connectivity index (χ0n) is 20.1. The number of halogens is 2. The van der Waals surface area contributed by atoms with Crippen LogP contribution < -0.4 is 22.1 Å². The number of nitrogen functional groups attached to an aromatic ring is 1. The van der Waals surface area contributed by atoms with Gasteiger partial charge in [0.1, 0.15) is 17.1 Å². The molecule has 4 aromatic rings. The summed E-state index contributed by atoms with van der Waals surface area (Å²) in [7, 11) is 1.52. The lowest BCUT2D eigenvalue weighted by molar-refractivity contribution is 0.0822. The second-order valence-electron chi connectivity index (χ2n) is 8.16. The van der Waals surface area contributed by atoms with Crippen molar-refractivity contribution in [2.75, 3.05) is 25.9 Å². The Morgan fingerprint density at radius 2 is 1.74 bits per heavy atom. The monoisotopic (exact) mass is 649 g/mol. The Bertz CT molecular complexity index is 1510. The van der Waals surface area contributed by atoms with Crippen LogP contribution in [0.15, 0.2) is 44.3 Å². The Morgan fingerprint density at radius 1 is 1.08 bits per heavy atom. The molecule has 13 nitrogen and oxygen atoms in total. The number of rotatable bonds is 11. The molecule has 1 atom stereocenters. The fraction of sp³-hybridized carbons (Fsp3) is 0.217. The van der Waals surface area contributed by atoms with E-state index in [-0.39, 0.29) is 37.3 Å². The molecule has 0 saturated heterocycles. The zero-order chi connectivity index (χ0) is 27.2. The second kappa shape index (κ2) is 12.1. The van der Waals surface area contributed by atoms with Gasteiger partial charge in [-0.1, -0.05) is 6.08 Å². The first kappa shape index (κ1) is 27.2. The van der Waals surface area contributed by atoms with Crippen LogP contribution in [0.2, 0.25) is 0 Å². The van der Waals surface area contributed by atoms with Crippen LogP contribution in [0.1, 0.15) is 32.4 Å². The van der Waals surface area contributed by atoms with E-state index >= 15 is 0 Å². The van der Waals surface area contributed by atoms with Gasteiger partial charge in [-0.25, -0.2) is 9.78 Å². The summed E-state index contributed by atoms with van der Waals surface area (Å²) in [6.45, 7) is 0.443. The fourth-order valence-corrected chi connectivity index (χ4v) is 4.37. The van der Waals surface area contributed by atoms with Gasteiger partial charge in [-0.3, -0.25) is 9.59 Å². The Balaban J connectivity index is 1.44. The molecule has 0 aliphatic rings. The molecule has 4 heterocycles. The van der Waals surface area contributed by atoms with Crippen LogP contribution in [-0.2, 0) is 11.2 Å². The van der Waals surface area contributed by atoms with Crippen LogP contribution in [0.25, 0.3) is 17.5 Å². The van der Waals surface area contributed by atoms with Crippen LogP contribution in [0, 0.1) is 0 Å². The topological polar surface area (TPSA) is 202 Å². The summed E-state index contributed by atoms with van der Waals surface area (Å²) in [6, 6.07) is 3.34. The van der Waals surface area contributed by atoms with E-state index in [1.165, 1.54) is 7.11 Å². The first-order valence-electron chi connectivity index (χ1n) is 11.3. The van der Waals surface area contributed by atoms with E-state index in [9.17, 15) is 14.4 Å². The zero-order valence-corrected chi connectivity index (χ0v) is 23.2. The minimum Gasteiger partial charge on any atom is -0.379 e. The average Bonchev–Trinajstić information content (AvgIpc) is 3.67. The maximum Gasteiger partial charge on any atom is 0.323 e. The van der Waals surface area contributed by atoms with Gasteiger partial charge in [0.15, 0.2) is 5.95 Å². The number of anilines is 1. The SMILES string of the molecule is COC(CNC(=O)c1cc(Br)c[nH]1)Cc1[nH]c(=O)[nH]c1-c1nc(N)[nH]c1C=CCNC(=O)c1cc(Br)c[nH]1. The van der Waals surface area contributed by atoms with Crippen LogP contribution in [0.3, 0.4) is 0 Å². The molecule has 0 aliphatic heterocycles. The Kier molecular flexibility index (Phi) is 8.70. The van der Waals surface area contributed by atoms with Crippen molar-refractivity contribution in [2.45, 2.75) is 12.5 Å². The number of hydrogen-bond acceptors (Lipinski definition) is 6. The molecule has 2 amide bonds. The standard InChI is InChI=1S/C23H25Br2N9O4/c1-38-13(10-30-21(36)17-6-12(25)9-29-17)7-15-19(34-23(37)32-15)18-14(31-22(26)33-18)3-2-4-27-20(35)16-5-11(24)8-28-16/h2-3,5-6,8-9,13,28-29H,4,7,10H2,1H3,(H,27,35)(H,30,36)(H3,26,31,33)(H2,32,34,37). The lowest BCUT2D eigenvalue weighted by atomic mass is 10.1. The summed E-state index contributed by atoms with van der Waals surface area (Å²) in [4.78, 5) is 55.3. The summed E-state index contributed by atoms with van der Waals surface area (Å²) >= 11 is 6.59. The third kappa shape index (κ3) is 6.73. The molecule has 4 rings (SSSR count). The number of nitrogens with two attached hydrogens (primary N) is 1. The number of aromatic amines is 5. The summed E-state index contributed by atoms with van der Waals surface area (Å²) in [6.07, 6.45) is 6.60. The highest BCUT2D eigenvalue weighted by Gasteiger charge is 2.20. The Labute approximate surface area is 232 Å². The Morgan fingerprint density at radius 3 is 2.34 bits per heavy atom. The summed E-state index contributed by atoms with van der Waals surface area (Å²) in [5.74, 6) is -0.395. The van der Waals surface area contributed by atoms with Crippen molar-refractivity contribution in [3.05, 3.63) is 72.8 Å². The number of amides is 2. The van der Waals surface area contributed by atoms with Gasteiger partial charge in [0.2, 0.25) is 0 Å². The van der Waals surface area contributed by atoms with E-state index in [1.807, 2.05) is 0 Å². The first-order valence-corrected chi connectivity index (χ1v) is 12.9. The predicted molar refractivity (Wildman–Crippen MR) is 149 cm³/mol. The molecule has 0 bridgehead atoms. The van der Waals surface area contributed by atoms with E-state index in [0.717, 1.165) is 8.95 Å². The van der Waals surface area contributed by atoms with Gasteiger partial charge >= 0.3 is 5.69 Å². The summed E-state index contributed by atoms with van der Waals surface area (Å²) in [5.41, 5.74) is 8.24. The van der Waals surface area contributed by atoms with E-state index in [4.69, 9.17) is 10.5 Å². The van der Waals surface area contributed by atoms with E-state index in [2.05, 4.69) is 72.4 Å². The highest BCUT2D eigenvalue weighted by atomic mass is 79.9. The predicted octanol–water partition coefficient (Wildman–Crippen LogP) is 2.29. The molecule has 4 aromatic heterocycles. The number of hydrogen-bond donors (Lipinski definition) is 8. The van der Waals surface area contributed by atoms with Gasteiger partial charge in [-0.15, -0.1) is 0 Å². The van der Waals surface area contributed by atoms with Crippen molar-refractivity contribution in [3.8, 4) is 11.4 Å². The first-order chi connectivity index (χ1) is 18.2. The summed E-state index contributed by atoms with van der Waals surface area (Å²) in [5, 5.41) is 5.58. The number of methoxy groups -OCH3 is 1. The number of carbonyl (C=O) groups excluding carboxylic acids is 2. The molecule has 15 heteroatoms. The van der Waals surface area contributed by atoms with E-state index < -0.39 is 11.8 Å². The quantitative estimate of drug-likeness (QED) is 0.122. The van der Waals surface area contributed by atoms with Gasteiger partial charge < -0.3 is 46.0 Å². The third-order valence-electron chi connectivity index (χ3n) is 5.50. The number of carbonyl (C=O) groups is 2. The minimum absolute atomic E-state index is 0.153. The smallest absolute Gasteiger partial charge is 0.323 e. The van der Waals surface area contributed by atoms with Crippen molar-refractivity contribution in [1.29, 1.82) is 0 Å². The molecule has 38 heavy (non-hydrogen) atoms. The molecule has 0 aliphatic carbocycles. The van der Waals surface area contributed by atoms with Crippen LogP contribution in [0.5, 0.6) is 0 Å². The largest absolute Gasteiger partial charge is 0.379 e. The molecule has 0 radical (unpaired) electrons. The number of nitrogens with one attached hydrogen (secondary N) is 7. The van der Waals surface area contributed by atoms with E-state index in [0.29, 0.717) is 34.2 Å². The number of H-pyrrole nitrogens is 5. The van der Waals surface area contributed by atoms with Crippen molar-refractivity contribution >= 4 is 55.7 Å². The maximum atomic E-state index is 12.4. The molecule has 0 saturated carbocycles. The van der Waals surface area contributed by atoms with E-state index in [1.54, 1.807) is 36.7 Å². The molecular formula is C23H25Br2N9O4. The molecule has 9 N–H and O–H groups in total. The van der Waals surface area contributed by atoms with Crippen molar-refractivity contribution < 1.29 is 14.3 Å². The van der Waals surface area contributed by atoms with Crippen LogP contribution in [0.4, 0.5) is 5.95 Å². The highest BCUT2D eigenvalue weighted by Crippen LogP contribution is 2.25. The average molecular weight is 651 g/mol.